The Morgan fingerprint density at radius 1 is 1.12 bits per heavy atom. The van der Waals surface area contributed by atoms with E-state index < -0.39 is 5.97 Å². The Morgan fingerprint density at radius 2 is 1.81 bits per heavy atom. The molecule has 3 atom stereocenters. The van der Waals surface area contributed by atoms with Crippen molar-refractivity contribution in [3.63, 3.8) is 0 Å². The number of benzene rings is 1. The Bertz CT molecular complexity index is 1100. The van der Waals surface area contributed by atoms with E-state index in [1.165, 1.54) is 0 Å². The van der Waals surface area contributed by atoms with Crippen LogP contribution >= 0.6 is 0 Å². The molecule has 2 aromatic rings. The van der Waals surface area contributed by atoms with E-state index in [4.69, 9.17) is 4.74 Å². The molecule has 2 saturated heterocycles. The number of nitrogens with zero attached hydrogens (tertiary/aromatic N) is 3. The highest BCUT2D eigenvalue weighted by Gasteiger charge is 2.44. The van der Waals surface area contributed by atoms with Crippen LogP contribution in [-0.2, 0) is 4.74 Å². The fraction of sp³-hybridized carbons (Fsp3) is 0.577. The van der Waals surface area contributed by atoms with E-state index in [9.17, 15) is 9.59 Å². The molecule has 1 aromatic heterocycles. The number of hydrogen-bond acceptors (Lipinski definition) is 5. The van der Waals surface area contributed by atoms with Crippen LogP contribution in [0.1, 0.15) is 76.3 Å². The molecule has 3 unspecified atom stereocenters. The van der Waals surface area contributed by atoms with Crippen molar-refractivity contribution in [1.82, 2.24) is 14.5 Å². The van der Waals surface area contributed by atoms with Gasteiger partial charge in [-0.2, -0.15) is 0 Å². The summed E-state index contributed by atoms with van der Waals surface area (Å²) < 4.78 is 6.94. The molecular weight excluding hydrogens is 402 g/mol. The van der Waals surface area contributed by atoms with Crippen molar-refractivity contribution >= 4 is 17.0 Å². The summed E-state index contributed by atoms with van der Waals surface area (Å²) in [6.07, 6.45) is 5.02. The fourth-order valence-electron chi connectivity index (χ4n) is 5.40. The highest BCUT2D eigenvalue weighted by molar-refractivity contribution is 5.89. The molecule has 170 valence electrons. The van der Waals surface area contributed by atoms with Gasteiger partial charge in [0.2, 0.25) is 5.69 Å². The predicted molar refractivity (Wildman–Crippen MR) is 126 cm³/mol. The second-order valence-corrected chi connectivity index (χ2v) is 9.17. The fourth-order valence-corrected chi connectivity index (χ4v) is 5.40. The zero-order chi connectivity index (χ0) is 22.8. The molecular formula is C26H33N3O3. The molecule has 4 rings (SSSR count). The molecule has 2 bridgehead atoms. The lowest BCUT2D eigenvalue weighted by Crippen LogP contribution is -2.49. The van der Waals surface area contributed by atoms with Crippen LogP contribution in [0.4, 0.5) is 0 Å². The van der Waals surface area contributed by atoms with Gasteiger partial charge in [0.15, 0.2) is 0 Å². The Balaban J connectivity index is 1.71. The Kier molecular flexibility index (Phi) is 6.66. The molecule has 2 aliphatic rings. The van der Waals surface area contributed by atoms with Crippen LogP contribution in [-0.4, -0.2) is 45.2 Å². The first-order valence-electron chi connectivity index (χ1n) is 11.9. The molecule has 0 radical (unpaired) electrons. The summed E-state index contributed by atoms with van der Waals surface area (Å²) in [7, 11) is 0. The van der Waals surface area contributed by atoms with Gasteiger partial charge in [0, 0.05) is 24.0 Å². The van der Waals surface area contributed by atoms with Crippen LogP contribution in [0.3, 0.4) is 0 Å². The third-order valence-electron chi connectivity index (χ3n) is 6.68. The molecule has 2 fully saturated rings. The van der Waals surface area contributed by atoms with Crippen LogP contribution in [0.25, 0.3) is 11.0 Å². The Hall–Kier alpha value is -2.65. The van der Waals surface area contributed by atoms with Gasteiger partial charge in [-0.1, -0.05) is 44.7 Å². The molecule has 0 spiro atoms. The van der Waals surface area contributed by atoms with Crippen molar-refractivity contribution in [2.24, 2.45) is 5.92 Å². The molecule has 2 aliphatic heterocycles. The molecule has 3 heterocycles. The van der Waals surface area contributed by atoms with E-state index in [0.29, 0.717) is 23.5 Å². The summed E-state index contributed by atoms with van der Waals surface area (Å²) >= 11 is 0. The summed E-state index contributed by atoms with van der Waals surface area (Å²) in [6.45, 7) is 8.41. The van der Waals surface area contributed by atoms with Gasteiger partial charge in [-0.3, -0.25) is 9.69 Å². The second-order valence-electron chi connectivity index (χ2n) is 9.17. The van der Waals surface area contributed by atoms with Crippen molar-refractivity contribution in [2.75, 3.05) is 6.61 Å². The summed E-state index contributed by atoms with van der Waals surface area (Å²) in [5.41, 5.74) is 0.982. The number of para-hydroxylation sites is 2. The van der Waals surface area contributed by atoms with Crippen LogP contribution in [0.2, 0.25) is 0 Å². The first-order valence-corrected chi connectivity index (χ1v) is 11.9. The van der Waals surface area contributed by atoms with E-state index in [0.717, 1.165) is 37.6 Å². The third kappa shape index (κ3) is 4.19. The zero-order valence-corrected chi connectivity index (χ0v) is 19.5. The number of aromatic nitrogens is 2. The zero-order valence-electron chi connectivity index (χ0n) is 19.5. The maximum atomic E-state index is 13.4. The number of carbonyl (C=O) groups excluding carboxylic acids is 1. The Morgan fingerprint density at radius 3 is 2.44 bits per heavy atom. The minimum atomic E-state index is -0.646. The van der Waals surface area contributed by atoms with Gasteiger partial charge in [0.1, 0.15) is 0 Å². The molecule has 32 heavy (non-hydrogen) atoms. The minimum absolute atomic E-state index is 0.0351. The number of ether oxygens (including phenoxy) is 1. The largest absolute Gasteiger partial charge is 0.461 e. The molecule has 0 aliphatic carbocycles. The maximum Gasteiger partial charge on any atom is 0.362 e. The predicted octanol–water partition coefficient (Wildman–Crippen LogP) is 4.18. The van der Waals surface area contributed by atoms with Gasteiger partial charge in [-0.25, -0.2) is 9.78 Å². The highest BCUT2D eigenvalue weighted by atomic mass is 16.5. The van der Waals surface area contributed by atoms with E-state index in [-0.39, 0.29) is 29.9 Å². The van der Waals surface area contributed by atoms with Gasteiger partial charge < -0.3 is 9.30 Å². The quantitative estimate of drug-likeness (QED) is 0.521. The SMILES string of the molecule is CCOC(=O)c1nc2ccccc2n(C2CC3CCC(C2)N3C(C#CC(C)C)CC)c1=O. The molecule has 6 heteroatoms. The van der Waals surface area contributed by atoms with Gasteiger partial charge in [0.05, 0.1) is 23.7 Å². The lowest BCUT2D eigenvalue weighted by atomic mass is 9.94. The standard InChI is InChI=1S/C26H33N3O3/c1-5-18(12-11-17(3)4)28-19-13-14-20(28)16-21(15-19)29-23-10-8-7-9-22(23)27-24(25(29)30)26(31)32-6-2/h7-10,17-21H,5-6,13-16H2,1-4H3. The smallest absolute Gasteiger partial charge is 0.362 e. The number of rotatable bonds is 5. The summed E-state index contributed by atoms with van der Waals surface area (Å²) in [4.78, 5) is 32.9. The van der Waals surface area contributed by atoms with Gasteiger partial charge in [-0.15, -0.1) is 0 Å². The molecule has 6 nitrogen and oxygen atoms in total. The summed E-state index contributed by atoms with van der Waals surface area (Å²) in [5, 5.41) is 0. The number of hydrogen-bond donors (Lipinski definition) is 0. The lowest BCUT2D eigenvalue weighted by Gasteiger charge is -2.42. The van der Waals surface area contributed by atoms with E-state index in [1.54, 1.807) is 6.92 Å². The number of fused-ring (bicyclic) bond motifs is 3. The van der Waals surface area contributed by atoms with E-state index in [1.807, 2.05) is 28.8 Å². The molecule has 0 N–H and O–H groups in total. The van der Waals surface area contributed by atoms with Crippen LogP contribution in [0, 0.1) is 17.8 Å². The van der Waals surface area contributed by atoms with Crippen molar-refractivity contribution in [2.45, 2.75) is 84.0 Å². The lowest BCUT2D eigenvalue weighted by molar-refractivity contribution is 0.0515. The number of carbonyl (C=O) groups is 1. The van der Waals surface area contributed by atoms with Gasteiger partial charge in [-0.05, 0) is 51.2 Å². The average molecular weight is 436 g/mol. The van der Waals surface area contributed by atoms with Crippen molar-refractivity contribution in [3.8, 4) is 11.8 Å². The molecule has 0 saturated carbocycles. The number of esters is 1. The van der Waals surface area contributed by atoms with Crippen molar-refractivity contribution in [1.29, 1.82) is 0 Å². The third-order valence-corrected chi connectivity index (χ3v) is 6.68. The first-order chi connectivity index (χ1) is 15.4. The maximum absolute atomic E-state index is 13.4. The normalized spacial score (nSPS) is 23.7. The summed E-state index contributed by atoms with van der Waals surface area (Å²) in [6, 6.07) is 8.67. The van der Waals surface area contributed by atoms with Gasteiger partial charge >= 0.3 is 5.97 Å². The van der Waals surface area contributed by atoms with Gasteiger partial charge in [0.25, 0.3) is 5.56 Å². The van der Waals surface area contributed by atoms with E-state index >= 15 is 0 Å². The molecule has 1 aromatic carbocycles. The number of piperidine rings is 1. The highest BCUT2D eigenvalue weighted by Crippen LogP contribution is 2.42. The van der Waals surface area contributed by atoms with Crippen LogP contribution in [0.15, 0.2) is 29.1 Å². The van der Waals surface area contributed by atoms with Crippen molar-refractivity contribution < 1.29 is 9.53 Å². The average Bonchev–Trinajstić information content (AvgIpc) is 3.02. The minimum Gasteiger partial charge on any atom is -0.461 e. The van der Waals surface area contributed by atoms with E-state index in [2.05, 4.69) is 42.5 Å². The van der Waals surface area contributed by atoms with Crippen LogP contribution < -0.4 is 5.56 Å². The summed E-state index contributed by atoms with van der Waals surface area (Å²) in [5.74, 6) is 6.59. The van der Waals surface area contributed by atoms with Crippen LogP contribution in [0.5, 0.6) is 0 Å². The topological polar surface area (TPSA) is 64.4 Å². The monoisotopic (exact) mass is 435 g/mol. The Labute approximate surface area is 190 Å². The molecule has 0 amide bonds. The first kappa shape index (κ1) is 22.5. The van der Waals surface area contributed by atoms with Crippen molar-refractivity contribution in [3.05, 3.63) is 40.3 Å². The second kappa shape index (κ2) is 9.46.